The van der Waals surface area contributed by atoms with Crippen molar-refractivity contribution < 1.29 is 0 Å². The van der Waals surface area contributed by atoms with Crippen LogP contribution in [0.2, 0.25) is 10.3 Å². The van der Waals surface area contributed by atoms with E-state index in [1.807, 2.05) is 5.38 Å². The number of nitrogens with zero attached hydrogens (tertiary/aromatic N) is 3. The molecular formula is C7H2BrCl2N3S. The number of hydrogen-bond acceptors (Lipinski definition) is 4. The van der Waals surface area contributed by atoms with Crippen LogP contribution in [0.4, 0.5) is 0 Å². The first-order valence-corrected chi connectivity index (χ1v) is 5.89. The van der Waals surface area contributed by atoms with E-state index in [4.69, 9.17) is 23.2 Å². The minimum atomic E-state index is 0.287. The molecule has 7 heteroatoms. The molecule has 0 N–H and O–H groups in total. The van der Waals surface area contributed by atoms with Crippen molar-refractivity contribution in [3.63, 3.8) is 0 Å². The Morgan fingerprint density at radius 1 is 1.21 bits per heavy atom. The molecule has 0 aromatic carbocycles. The van der Waals surface area contributed by atoms with E-state index < -0.39 is 0 Å². The van der Waals surface area contributed by atoms with Crippen molar-refractivity contribution in [3.05, 3.63) is 26.4 Å². The summed E-state index contributed by atoms with van der Waals surface area (Å²) >= 11 is 16.3. The average molecular weight is 311 g/mol. The van der Waals surface area contributed by atoms with Gasteiger partial charge in [-0.05, 0) is 15.9 Å². The molecule has 0 aliphatic heterocycles. The standard InChI is InChI=1S/C7H2BrCl2N3S/c8-3-4(9)12-6(13-5(3)10)7-11-1-2-14-7/h1-2H. The molecular weight excluding hydrogens is 309 g/mol. The van der Waals surface area contributed by atoms with Gasteiger partial charge in [0.1, 0.15) is 10.3 Å². The molecule has 0 aliphatic rings. The maximum absolute atomic E-state index is 5.83. The summed E-state index contributed by atoms with van der Waals surface area (Å²) in [6, 6.07) is 0. The van der Waals surface area contributed by atoms with Crippen LogP contribution in [0.25, 0.3) is 10.8 Å². The van der Waals surface area contributed by atoms with Gasteiger partial charge in [-0.3, -0.25) is 0 Å². The Hall–Kier alpha value is -0.230. The van der Waals surface area contributed by atoms with Crippen LogP contribution in [0.5, 0.6) is 0 Å². The summed E-state index contributed by atoms with van der Waals surface area (Å²) in [5, 5.41) is 3.11. The molecule has 0 atom stereocenters. The van der Waals surface area contributed by atoms with Crippen LogP contribution in [0.15, 0.2) is 16.0 Å². The molecule has 2 heterocycles. The summed E-state index contributed by atoms with van der Waals surface area (Å²) in [5.74, 6) is 0.443. The van der Waals surface area contributed by atoms with E-state index in [9.17, 15) is 0 Å². The van der Waals surface area contributed by atoms with Crippen LogP contribution in [0.3, 0.4) is 0 Å². The zero-order valence-electron chi connectivity index (χ0n) is 6.54. The van der Waals surface area contributed by atoms with Gasteiger partial charge in [-0.15, -0.1) is 11.3 Å². The third-order valence-electron chi connectivity index (χ3n) is 1.39. The van der Waals surface area contributed by atoms with E-state index in [1.165, 1.54) is 11.3 Å². The molecule has 72 valence electrons. The summed E-state index contributed by atoms with van der Waals surface area (Å²) in [6.45, 7) is 0. The fraction of sp³-hybridized carbons (Fsp3) is 0. The Kier molecular flexibility index (Phi) is 3.02. The van der Waals surface area contributed by atoms with Crippen molar-refractivity contribution in [3.8, 4) is 10.8 Å². The van der Waals surface area contributed by atoms with Crippen LogP contribution < -0.4 is 0 Å². The van der Waals surface area contributed by atoms with E-state index in [0.717, 1.165) is 0 Å². The van der Waals surface area contributed by atoms with Gasteiger partial charge >= 0.3 is 0 Å². The highest BCUT2D eigenvalue weighted by atomic mass is 79.9. The monoisotopic (exact) mass is 309 g/mol. The molecule has 14 heavy (non-hydrogen) atoms. The molecule has 3 nitrogen and oxygen atoms in total. The van der Waals surface area contributed by atoms with Gasteiger partial charge in [0.25, 0.3) is 0 Å². The van der Waals surface area contributed by atoms with E-state index >= 15 is 0 Å². The number of thiazole rings is 1. The normalized spacial score (nSPS) is 10.5. The summed E-state index contributed by atoms with van der Waals surface area (Å²) in [5.41, 5.74) is 0. The fourth-order valence-electron chi connectivity index (χ4n) is 0.824. The first-order chi connectivity index (χ1) is 6.68. The van der Waals surface area contributed by atoms with Crippen molar-refractivity contribution in [1.29, 1.82) is 0 Å². The number of hydrogen-bond donors (Lipinski definition) is 0. The first-order valence-electron chi connectivity index (χ1n) is 3.47. The molecule has 0 spiro atoms. The molecule has 2 aromatic rings. The molecule has 0 saturated carbocycles. The molecule has 0 amide bonds. The SMILES string of the molecule is Clc1nc(-c2nccs2)nc(Cl)c1Br. The van der Waals surface area contributed by atoms with Gasteiger partial charge in [-0.2, -0.15) is 0 Å². The summed E-state index contributed by atoms with van der Waals surface area (Å²) in [4.78, 5) is 12.2. The average Bonchev–Trinajstić information content (AvgIpc) is 2.66. The van der Waals surface area contributed by atoms with Crippen LogP contribution in [0.1, 0.15) is 0 Å². The summed E-state index contributed by atoms with van der Waals surface area (Å²) < 4.78 is 0.501. The van der Waals surface area contributed by atoms with Crippen molar-refractivity contribution >= 4 is 50.5 Å². The quantitative estimate of drug-likeness (QED) is 0.754. The smallest absolute Gasteiger partial charge is 0.191 e. The van der Waals surface area contributed by atoms with Gasteiger partial charge in [0.15, 0.2) is 10.8 Å². The number of halogens is 3. The maximum Gasteiger partial charge on any atom is 0.191 e. The predicted octanol–water partition coefficient (Wildman–Crippen LogP) is 3.67. The van der Waals surface area contributed by atoms with Gasteiger partial charge in [0.2, 0.25) is 0 Å². The second-order valence-corrected chi connectivity index (χ2v) is 4.68. The molecule has 0 bridgehead atoms. The first kappa shape index (κ1) is 10.3. The highest BCUT2D eigenvalue weighted by Crippen LogP contribution is 2.30. The summed E-state index contributed by atoms with van der Waals surface area (Å²) in [6.07, 6.45) is 1.67. The Bertz CT molecular complexity index is 437. The number of aromatic nitrogens is 3. The molecule has 0 aliphatic carbocycles. The fourth-order valence-corrected chi connectivity index (χ4v) is 1.96. The van der Waals surface area contributed by atoms with Gasteiger partial charge in [-0.1, -0.05) is 23.2 Å². The van der Waals surface area contributed by atoms with Gasteiger partial charge in [0, 0.05) is 11.6 Å². The lowest BCUT2D eigenvalue weighted by Crippen LogP contribution is -1.91. The van der Waals surface area contributed by atoms with Crippen LogP contribution in [-0.2, 0) is 0 Å². The molecule has 2 aromatic heterocycles. The largest absolute Gasteiger partial charge is 0.241 e. The lowest BCUT2D eigenvalue weighted by molar-refractivity contribution is 1.15. The van der Waals surface area contributed by atoms with Crippen molar-refractivity contribution in [2.45, 2.75) is 0 Å². The van der Waals surface area contributed by atoms with Crippen molar-refractivity contribution in [2.24, 2.45) is 0 Å². The minimum absolute atomic E-state index is 0.287. The van der Waals surface area contributed by atoms with E-state index in [1.54, 1.807) is 6.20 Å². The highest BCUT2D eigenvalue weighted by molar-refractivity contribution is 9.10. The number of rotatable bonds is 1. The van der Waals surface area contributed by atoms with E-state index in [-0.39, 0.29) is 10.3 Å². The van der Waals surface area contributed by atoms with Crippen LogP contribution in [-0.4, -0.2) is 15.0 Å². The van der Waals surface area contributed by atoms with Gasteiger partial charge in [0.05, 0.1) is 4.47 Å². The van der Waals surface area contributed by atoms with Crippen LogP contribution in [0, 0.1) is 0 Å². The lowest BCUT2D eigenvalue weighted by atomic mass is 10.6. The Morgan fingerprint density at radius 3 is 2.36 bits per heavy atom. The zero-order valence-corrected chi connectivity index (χ0v) is 10.5. The zero-order chi connectivity index (χ0) is 10.1. The van der Waals surface area contributed by atoms with Gasteiger partial charge in [-0.25, -0.2) is 15.0 Å². The molecule has 0 radical (unpaired) electrons. The Balaban J connectivity index is 2.57. The second kappa shape index (κ2) is 4.10. The summed E-state index contributed by atoms with van der Waals surface area (Å²) in [7, 11) is 0. The third-order valence-corrected chi connectivity index (χ3v) is 3.92. The lowest BCUT2D eigenvalue weighted by Gasteiger charge is -2.00. The highest BCUT2D eigenvalue weighted by Gasteiger charge is 2.11. The molecule has 2 rings (SSSR count). The van der Waals surface area contributed by atoms with Crippen molar-refractivity contribution in [1.82, 2.24) is 15.0 Å². The van der Waals surface area contributed by atoms with Crippen molar-refractivity contribution in [2.75, 3.05) is 0 Å². The molecule has 0 unspecified atom stereocenters. The van der Waals surface area contributed by atoms with E-state index in [2.05, 4.69) is 30.9 Å². The second-order valence-electron chi connectivity index (χ2n) is 2.28. The minimum Gasteiger partial charge on any atom is -0.241 e. The predicted molar refractivity (Wildman–Crippen MR) is 60.9 cm³/mol. The maximum atomic E-state index is 5.83. The topological polar surface area (TPSA) is 38.7 Å². The van der Waals surface area contributed by atoms with Crippen LogP contribution >= 0.6 is 50.5 Å². The van der Waals surface area contributed by atoms with E-state index in [0.29, 0.717) is 15.3 Å². The van der Waals surface area contributed by atoms with Gasteiger partial charge < -0.3 is 0 Å². The molecule has 0 fully saturated rings. The third kappa shape index (κ3) is 1.91. The Morgan fingerprint density at radius 2 is 1.86 bits per heavy atom. The molecule has 0 saturated heterocycles. The Labute approximate surface area is 102 Å².